The first-order valence-electron chi connectivity index (χ1n) is 6.90. The van der Waals surface area contributed by atoms with Gasteiger partial charge in [0.15, 0.2) is 0 Å². The fourth-order valence-electron chi connectivity index (χ4n) is 1.78. The third-order valence-corrected chi connectivity index (χ3v) is 3.23. The van der Waals surface area contributed by atoms with E-state index in [1.165, 1.54) is 0 Å². The van der Waals surface area contributed by atoms with Crippen molar-refractivity contribution in [2.45, 2.75) is 33.6 Å². The van der Waals surface area contributed by atoms with Gasteiger partial charge in [-0.15, -0.1) is 0 Å². The summed E-state index contributed by atoms with van der Waals surface area (Å²) in [6.07, 6.45) is 1.07. The summed E-state index contributed by atoms with van der Waals surface area (Å²) in [6.45, 7) is 6.00. The van der Waals surface area contributed by atoms with Crippen molar-refractivity contribution in [3.8, 4) is 0 Å². The minimum Gasteiger partial charge on any atom is -0.330 e. The molecular weight excluding hydrogens is 254 g/mol. The molecule has 0 fully saturated rings. The first kappa shape index (κ1) is 16.2. The van der Waals surface area contributed by atoms with Crippen LogP contribution in [0, 0.1) is 12.8 Å². The van der Waals surface area contributed by atoms with Gasteiger partial charge in [0, 0.05) is 23.7 Å². The van der Waals surface area contributed by atoms with E-state index < -0.39 is 0 Å². The van der Waals surface area contributed by atoms with Crippen LogP contribution in [0.2, 0.25) is 0 Å². The Hall–Kier alpha value is -1.88. The predicted molar refractivity (Wildman–Crippen MR) is 81.6 cm³/mol. The lowest BCUT2D eigenvalue weighted by Gasteiger charge is -2.15. The van der Waals surface area contributed by atoms with Gasteiger partial charge in [-0.1, -0.05) is 19.9 Å². The van der Waals surface area contributed by atoms with Crippen molar-refractivity contribution in [3.05, 3.63) is 23.8 Å². The van der Waals surface area contributed by atoms with E-state index in [2.05, 4.69) is 10.6 Å². The molecule has 0 radical (unpaired) electrons. The molecule has 0 aliphatic rings. The number of nitrogens with one attached hydrogen (secondary N) is 2. The van der Waals surface area contributed by atoms with Gasteiger partial charge in [-0.25, -0.2) is 0 Å². The number of carbonyl (C=O) groups excluding carboxylic acids is 2. The molecule has 1 unspecified atom stereocenters. The molecule has 0 heterocycles. The Morgan fingerprint density at radius 1 is 1.25 bits per heavy atom. The maximum Gasteiger partial charge on any atom is 0.227 e. The molecule has 0 aliphatic carbocycles. The van der Waals surface area contributed by atoms with Crippen molar-refractivity contribution in [2.24, 2.45) is 11.7 Å². The second-order valence-electron chi connectivity index (χ2n) is 4.85. The molecule has 5 heteroatoms. The zero-order valence-electron chi connectivity index (χ0n) is 12.3. The number of nitrogens with two attached hydrogens (primary N) is 1. The average Bonchev–Trinajstić information content (AvgIpc) is 2.43. The van der Waals surface area contributed by atoms with E-state index in [1.807, 2.05) is 32.0 Å². The monoisotopic (exact) mass is 277 g/mol. The largest absolute Gasteiger partial charge is 0.330 e. The van der Waals surface area contributed by atoms with Crippen molar-refractivity contribution in [3.63, 3.8) is 0 Å². The highest BCUT2D eigenvalue weighted by Crippen LogP contribution is 2.24. The van der Waals surface area contributed by atoms with E-state index in [4.69, 9.17) is 5.73 Å². The van der Waals surface area contributed by atoms with Crippen molar-refractivity contribution < 1.29 is 9.59 Å². The van der Waals surface area contributed by atoms with Crippen LogP contribution in [0.3, 0.4) is 0 Å². The molecule has 5 nitrogen and oxygen atoms in total. The summed E-state index contributed by atoms with van der Waals surface area (Å²) in [5.41, 5.74) is 7.75. The summed E-state index contributed by atoms with van der Waals surface area (Å²) in [5.74, 6) is -0.237. The summed E-state index contributed by atoms with van der Waals surface area (Å²) in [4.78, 5) is 23.4. The molecule has 0 aromatic heterocycles. The number of hydrogen-bond acceptors (Lipinski definition) is 3. The summed E-state index contributed by atoms with van der Waals surface area (Å²) in [5, 5.41) is 5.70. The summed E-state index contributed by atoms with van der Waals surface area (Å²) >= 11 is 0. The normalized spacial score (nSPS) is 11.8. The average molecular weight is 277 g/mol. The second kappa shape index (κ2) is 7.65. The van der Waals surface area contributed by atoms with Crippen molar-refractivity contribution in [1.82, 2.24) is 0 Å². The molecule has 20 heavy (non-hydrogen) atoms. The van der Waals surface area contributed by atoms with Crippen molar-refractivity contribution in [1.29, 1.82) is 0 Å². The molecule has 0 bridgehead atoms. The lowest BCUT2D eigenvalue weighted by atomic mass is 10.1. The van der Waals surface area contributed by atoms with Gasteiger partial charge in [0.25, 0.3) is 0 Å². The van der Waals surface area contributed by atoms with Gasteiger partial charge in [-0.2, -0.15) is 0 Å². The van der Waals surface area contributed by atoms with Gasteiger partial charge in [0.2, 0.25) is 11.8 Å². The van der Waals surface area contributed by atoms with Crippen LogP contribution in [0.4, 0.5) is 11.4 Å². The van der Waals surface area contributed by atoms with E-state index in [0.29, 0.717) is 25.1 Å². The summed E-state index contributed by atoms with van der Waals surface area (Å²) < 4.78 is 0. The van der Waals surface area contributed by atoms with Crippen LogP contribution in [-0.4, -0.2) is 18.4 Å². The number of hydrogen-bond donors (Lipinski definition) is 3. The highest BCUT2D eigenvalue weighted by molar-refractivity contribution is 5.96. The maximum atomic E-state index is 12.0. The second-order valence-corrected chi connectivity index (χ2v) is 4.85. The number of anilines is 2. The van der Waals surface area contributed by atoms with E-state index in [-0.39, 0.29) is 17.7 Å². The third-order valence-electron chi connectivity index (χ3n) is 3.23. The van der Waals surface area contributed by atoms with E-state index in [9.17, 15) is 9.59 Å². The Labute approximate surface area is 119 Å². The summed E-state index contributed by atoms with van der Waals surface area (Å²) in [6, 6.07) is 5.45. The van der Waals surface area contributed by atoms with Crippen molar-refractivity contribution >= 4 is 23.2 Å². The van der Waals surface area contributed by atoms with Gasteiger partial charge >= 0.3 is 0 Å². The standard InChI is InChI=1S/C15H23N3O2/c1-4-14(19)17-12-6-5-7-13(11(12)3)18-15(20)10(2)8-9-16/h5-7,10H,4,8-9,16H2,1-3H3,(H,17,19)(H,18,20). The minimum absolute atomic E-state index is 0.0481. The molecule has 1 aromatic carbocycles. The zero-order valence-corrected chi connectivity index (χ0v) is 12.3. The molecule has 1 atom stereocenters. The highest BCUT2D eigenvalue weighted by atomic mass is 16.2. The topological polar surface area (TPSA) is 84.2 Å². The summed E-state index contributed by atoms with van der Waals surface area (Å²) in [7, 11) is 0. The number of rotatable bonds is 6. The zero-order chi connectivity index (χ0) is 15.1. The molecule has 0 aliphatic heterocycles. The van der Waals surface area contributed by atoms with Gasteiger partial charge in [-0.3, -0.25) is 9.59 Å². The molecule has 2 amide bonds. The van der Waals surface area contributed by atoms with Crippen LogP contribution in [-0.2, 0) is 9.59 Å². The van der Waals surface area contributed by atoms with Gasteiger partial charge in [0.1, 0.15) is 0 Å². The molecule has 0 saturated carbocycles. The molecule has 0 spiro atoms. The third kappa shape index (κ3) is 4.35. The minimum atomic E-state index is -0.131. The number of amides is 2. The Bertz CT molecular complexity index is 486. The Morgan fingerprint density at radius 2 is 1.85 bits per heavy atom. The van der Waals surface area contributed by atoms with Gasteiger partial charge in [0.05, 0.1) is 0 Å². The van der Waals surface area contributed by atoms with Crippen molar-refractivity contribution in [2.75, 3.05) is 17.2 Å². The number of carbonyl (C=O) groups is 2. The lowest BCUT2D eigenvalue weighted by molar-refractivity contribution is -0.119. The van der Waals surface area contributed by atoms with Crippen LogP contribution in [0.1, 0.15) is 32.3 Å². The highest BCUT2D eigenvalue weighted by Gasteiger charge is 2.14. The molecule has 110 valence electrons. The van der Waals surface area contributed by atoms with Crippen LogP contribution in [0.15, 0.2) is 18.2 Å². The van der Waals surface area contributed by atoms with E-state index in [0.717, 1.165) is 11.3 Å². The smallest absolute Gasteiger partial charge is 0.227 e. The first-order valence-corrected chi connectivity index (χ1v) is 6.90. The first-order chi connectivity index (χ1) is 9.49. The molecule has 1 aromatic rings. The SMILES string of the molecule is CCC(=O)Nc1cccc(NC(=O)C(C)CCN)c1C. The van der Waals surface area contributed by atoms with Gasteiger partial charge < -0.3 is 16.4 Å². The Morgan fingerprint density at radius 3 is 2.40 bits per heavy atom. The quantitative estimate of drug-likeness (QED) is 0.745. The van der Waals surface area contributed by atoms with Gasteiger partial charge in [-0.05, 0) is 37.6 Å². The van der Waals surface area contributed by atoms with Crippen LogP contribution in [0.5, 0.6) is 0 Å². The predicted octanol–water partition coefficient (Wildman–Crippen LogP) is 2.27. The van der Waals surface area contributed by atoms with E-state index in [1.54, 1.807) is 6.92 Å². The molecule has 0 saturated heterocycles. The molecule has 1 rings (SSSR count). The fraction of sp³-hybridized carbons (Fsp3) is 0.467. The molecule has 4 N–H and O–H groups in total. The van der Waals surface area contributed by atoms with Crippen LogP contribution < -0.4 is 16.4 Å². The number of benzene rings is 1. The fourth-order valence-corrected chi connectivity index (χ4v) is 1.78. The van der Waals surface area contributed by atoms with Crippen LogP contribution >= 0.6 is 0 Å². The lowest BCUT2D eigenvalue weighted by Crippen LogP contribution is -2.23. The molecular formula is C15H23N3O2. The van der Waals surface area contributed by atoms with E-state index >= 15 is 0 Å². The van der Waals surface area contributed by atoms with Crippen LogP contribution in [0.25, 0.3) is 0 Å². The Balaban J connectivity index is 2.83. The maximum absolute atomic E-state index is 12.0. The Kier molecular flexibility index (Phi) is 6.18.